The molecule has 2 aromatic carbocycles. The van der Waals surface area contributed by atoms with Gasteiger partial charge in [-0.25, -0.2) is 0 Å². The maximum Gasteiger partial charge on any atom is 0.273 e. The Bertz CT molecular complexity index is 1350. The van der Waals surface area contributed by atoms with Crippen molar-refractivity contribution in [2.45, 2.75) is 39.3 Å². The fraction of sp³-hybridized carbons (Fsp3) is 0.286. The van der Waals surface area contributed by atoms with Crippen LogP contribution in [0.3, 0.4) is 0 Å². The van der Waals surface area contributed by atoms with E-state index < -0.39 is 6.04 Å². The fourth-order valence-corrected chi connectivity index (χ4v) is 4.56. The van der Waals surface area contributed by atoms with Crippen LogP contribution in [0.5, 0.6) is 17.2 Å². The van der Waals surface area contributed by atoms with Crippen LogP contribution in [0.4, 0.5) is 0 Å². The summed E-state index contributed by atoms with van der Waals surface area (Å²) < 4.78 is 17.5. The predicted molar refractivity (Wildman–Crippen MR) is 134 cm³/mol. The zero-order chi connectivity index (χ0) is 25.1. The summed E-state index contributed by atoms with van der Waals surface area (Å²) in [5, 5.41) is 17.9. The molecule has 1 aliphatic heterocycles. The third-order valence-electron chi connectivity index (χ3n) is 6.27. The molecule has 0 fully saturated rings. The number of phenols is 1. The molecule has 1 unspecified atom stereocenters. The molecule has 3 heterocycles. The molecular weight excluding hydrogens is 458 g/mol. The van der Waals surface area contributed by atoms with E-state index in [9.17, 15) is 9.90 Å². The van der Waals surface area contributed by atoms with Crippen molar-refractivity contribution in [3.05, 3.63) is 83.4 Å². The van der Waals surface area contributed by atoms with E-state index in [0.717, 1.165) is 18.4 Å². The van der Waals surface area contributed by atoms with Gasteiger partial charge in [-0.2, -0.15) is 5.10 Å². The first-order valence-corrected chi connectivity index (χ1v) is 12.2. The van der Waals surface area contributed by atoms with Crippen molar-refractivity contribution in [2.24, 2.45) is 0 Å². The van der Waals surface area contributed by atoms with Gasteiger partial charge in [0.05, 0.1) is 32.1 Å². The van der Waals surface area contributed by atoms with Gasteiger partial charge in [-0.15, -0.1) is 0 Å². The lowest BCUT2D eigenvalue weighted by Crippen LogP contribution is -2.29. The number of aromatic nitrogens is 2. The first kappa shape index (κ1) is 23.5. The van der Waals surface area contributed by atoms with E-state index in [1.807, 2.05) is 37.3 Å². The van der Waals surface area contributed by atoms with Gasteiger partial charge < -0.3 is 23.9 Å². The lowest BCUT2D eigenvalue weighted by molar-refractivity contribution is 0.0716. The Labute approximate surface area is 209 Å². The van der Waals surface area contributed by atoms with Crippen molar-refractivity contribution >= 4 is 5.91 Å². The first-order valence-electron chi connectivity index (χ1n) is 12.2. The molecule has 0 spiro atoms. The van der Waals surface area contributed by atoms with Gasteiger partial charge in [0.15, 0.2) is 11.5 Å². The van der Waals surface area contributed by atoms with Gasteiger partial charge in [-0.1, -0.05) is 31.5 Å². The largest absolute Gasteiger partial charge is 0.507 e. The van der Waals surface area contributed by atoms with E-state index in [0.29, 0.717) is 53.0 Å². The highest BCUT2D eigenvalue weighted by molar-refractivity contribution is 6.00. The van der Waals surface area contributed by atoms with Crippen molar-refractivity contribution in [2.75, 3.05) is 13.2 Å². The Morgan fingerprint density at radius 1 is 1.08 bits per heavy atom. The number of aromatic hydroxyl groups is 1. The highest BCUT2D eigenvalue weighted by Crippen LogP contribution is 2.46. The Balaban J connectivity index is 1.62. The zero-order valence-corrected chi connectivity index (χ0v) is 20.4. The number of fused-ring (bicyclic) bond motifs is 1. The molecule has 0 bridgehead atoms. The summed E-state index contributed by atoms with van der Waals surface area (Å²) in [6.45, 7) is 5.40. The Morgan fingerprint density at radius 3 is 2.69 bits per heavy atom. The number of H-pyrrole nitrogens is 1. The van der Waals surface area contributed by atoms with E-state index >= 15 is 0 Å². The minimum atomic E-state index is -0.477. The van der Waals surface area contributed by atoms with Crippen molar-refractivity contribution < 1.29 is 23.8 Å². The molecule has 1 atom stereocenters. The first-order chi connectivity index (χ1) is 17.6. The highest BCUT2D eigenvalue weighted by Gasteiger charge is 2.43. The van der Waals surface area contributed by atoms with Crippen LogP contribution in [0.25, 0.3) is 11.3 Å². The molecule has 1 amide bonds. The van der Waals surface area contributed by atoms with E-state index in [1.54, 1.807) is 35.4 Å². The van der Waals surface area contributed by atoms with Gasteiger partial charge in [-0.3, -0.25) is 9.89 Å². The number of aromatic amines is 1. The summed E-state index contributed by atoms with van der Waals surface area (Å²) in [5.41, 5.74) is 3.03. The molecule has 5 rings (SSSR count). The smallest absolute Gasteiger partial charge is 0.273 e. The molecule has 8 nitrogen and oxygen atoms in total. The Kier molecular flexibility index (Phi) is 6.66. The molecule has 0 aliphatic carbocycles. The van der Waals surface area contributed by atoms with E-state index in [1.165, 1.54) is 0 Å². The quantitative estimate of drug-likeness (QED) is 0.278. The SMILES string of the molecule is CCCCOc1ccc(C2c3c(-c4ccccc4O)n[nH]c3C(=O)N2Cc2ccco2)cc1OCC. The van der Waals surface area contributed by atoms with Crippen LogP contribution in [0.1, 0.15) is 60.1 Å². The monoisotopic (exact) mass is 487 g/mol. The number of carbonyl (C=O) groups is 1. The summed E-state index contributed by atoms with van der Waals surface area (Å²) >= 11 is 0. The normalized spacial score (nSPS) is 14.8. The lowest BCUT2D eigenvalue weighted by atomic mass is 9.95. The number of carbonyl (C=O) groups excluding carboxylic acids is 1. The molecule has 0 radical (unpaired) electrons. The van der Waals surface area contributed by atoms with Crippen LogP contribution < -0.4 is 9.47 Å². The number of amides is 1. The number of furan rings is 1. The number of para-hydroxylation sites is 1. The predicted octanol–water partition coefficient (Wildman–Crippen LogP) is 5.70. The average Bonchev–Trinajstić information content (AvgIpc) is 3.60. The van der Waals surface area contributed by atoms with Crippen LogP contribution in [-0.4, -0.2) is 39.3 Å². The van der Waals surface area contributed by atoms with Gasteiger partial charge in [0.1, 0.15) is 22.9 Å². The van der Waals surface area contributed by atoms with E-state index in [4.69, 9.17) is 13.9 Å². The van der Waals surface area contributed by atoms with Gasteiger partial charge >= 0.3 is 0 Å². The average molecular weight is 488 g/mol. The summed E-state index contributed by atoms with van der Waals surface area (Å²) in [6.07, 6.45) is 3.57. The van der Waals surface area contributed by atoms with Crippen LogP contribution in [0.15, 0.2) is 65.3 Å². The van der Waals surface area contributed by atoms with Gasteiger partial charge in [-0.05, 0) is 55.3 Å². The molecule has 1 aliphatic rings. The molecule has 4 aromatic rings. The minimum Gasteiger partial charge on any atom is -0.507 e. The third kappa shape index (κ3) is 4.30. The molecule has 186 valence electrons. The van der Waals surface area contributed by atoms with Crippen LogP contribution in [-0.2, 0) is 6.54 Å². The maximum absolute atomic E-state index is 13.6. The molecule has 0 saturated heterocycles. The van der Waals surface area contributed by atoms with Gasteiger partial charge in [0.25, 0.3) is 5.91 Å². The number of phenolic OH excluding ortho intramolecular Hbond substituents is 1. The van der Waals surface area contributed by atoms with Gasteiger partial charge in [0.2, 0.25) is 0 Å². The molecule has 2 aromatic heterocycles. The third-order valence-corrected chi connectivity index (χ3v) is 6.27. The summed E-state index contributed by atoms with van der Waals surface area (Å²) in [7, 11) is 0. The lowest BCUT2D eigenvalue weighted by Gasteiger charge is -2.26. The van der Waals surface area contributed by atoms with Crippen molar-refractivity contribution in [3.63, 3.8) is 0 Å². The van der Waals surface area contributed by atoms with E-state index in [-0.39, 0.29) is 18.2 Å². The Morgan fingerprint density at radius 2 is 1.94 bits per heavy atom. The number of benzene rings is 2. The second-order valence-electron chi connectivity index (χ2n) is 8.63. The molecular formula is C28H29N3O5. The maximum atomic E-state index is 13.6. The molecule has 36 heavy (non-hydrogen) atoms. The second-order valence-corrected chi connectivity index (χ2v) is 8.63. The number of ether oxygens (including phenoxy) is 2. The summed E-state index contributed by atoms with van der Waals surface area (Å²) in [6, 6.07) is 15.9. The summed E-state index contributed by atoms with van der Waals surface area (Å²) in [4.78, 5) is 15.3. The zero-order valence-electron chi connectivity index (χ0n) is 20.4. The fourth-order valence-electron chi connectivity index (χ4n) is 4.56. The van der Waals surface area contributed by atoms with Crippen LogP contribution in [0.2, 0.25) is 0 Å². The van der Waals surface area contributed by atoms with Gasteiger partial charge in [0, 0.05) is 11.1 Å². The minimum absolute atomic E-state index is 0.0946. The second kappa shape index (κ2) is 10.2. The number of rotatable bonds is 10. The summed E-state index contributed by atoms with van der Waals surface area (Å²) in [5.74, 6) is 1.86. The number of nitrogens with one attached hydrogen (secondary N) is 1. The molecule has 0 saturated carbocycles. The Hall–Kier alpha value is -4.20. The number of nitrogens with zero attached hydrogens (tertiary/aromatic N) is 2. The van der Waals surface area contributed by atoms with Crippen LogP contribution >= 0.6 is 0 Å². The van der Waals surface area contributed by atoms with Crippen LogP contribution in [0, 0.1) is 0 Å². The van der Waals surface area contributed by atoms with Crippen molar-refractivity contribution in [1.29, 1.82) is 0 Å². The molecule has 2 N–H and O–H groups in total. The van der Waals surface area contributed by atoms with E-state index in [2.05, 4.69) is 17.1 Å². The van der Waals surface area contributed by atoms with Crippen molar-refractivity contribution in [1.82, 2.24) is 15.1 Å². The number of hydrogen-bond acceptors (Lipinski definition) is 6. The number of unbranched alkanes of at least 4 members (excludes halogenated alkanes) is 1. The molecule has 8 heteroatoms. The topological polar surface area (TPSA) is 101 Å². The highest BCUT2D eigenvalue weighted by atomic mass is 16.5. The number of hydrogen-bond donors (Lipinski definition) is 2. The van der Waals surface area contributed by atoms with Crippen molar-refractivity contribution in [3.8, 4) is 28.5 Å². The standard InChI is InChI=1S/C28H29N3O5/c1-3-5-14-36-22-13-12-18(16-23(22)34-4-2)27-24-25(20-10-6-7-11-21(20)32)29-30-26(24)28(33)31(27)17-19-9-8-15-35-19/h6-13,15-16,27,32H,3-5,14,17H2,1-2H3,(H,29,30).